The molecule has 3 atom stereocenters. The van der Waals surface area contributed by atoms with Crippen LogP contribution in [-0.2, 0) is 9.47 Å². The third-order valence-electron chi connectivity index (χ3n) is 3.34. The van der Waals surface area contributed by atoms with Crippen LogP contribution in [-0.4, -0.2) is 50.1 Å². The molecule has 4 nitrogen and oxygen atoms in total. The second kappa shape index (κ2) is 5.00. The Morgan fingerprint density at radius 1 is 1.19 bits per heavy atom. The molecule has 0 aromatic heterocycles. The largest absolute Gasteiger partial charge is 0.376 e. The van der Waals surface area contributed by atoms with E-state index in [1.165, 1.54) is 0 Å². The highest BCUT2D eigenvalue weighted by Crippen LogP contribution is 2.16. The Labute approximate surface area is 98.1 Å². The normalized spacial score (nSPS) is 39.6. The van der Waals surface area contributed by atoms with Crippen molar-refractivity contribution < 1.29 is 9.47 Å². The molecule has 4 heteroatoms. The number of nitrogens with one attached hydrogen (secondary N) is 2. The SMILES string of the molecule is CC1CNC(CC2COC(C)(C)CN2)CO1. The van der Waals surface area contributed by atoms with Gasteiger partial charge >= 0.3 is 0 Å². The van der Waals surface area contributed by atoms with Gasteiger partial charge in [0, 0.05) is 25.2 Å². The molecule has 0 aromatic carbocycles. The maximum absolute atomic E-state index is 5.81. The van der Waals surface area contributed by atoms with Crippen LogP contribution < -0.4 is 10.6 Å². The number of hydrogen-bond donors (Lipinski definition) is 2. The summed E-state index contributed by atoms with van der Waals surface area (Å²) in [5.41, 5.74) is -0.0124. The summed E-state index contributed by atoms with van der Waals surface area (Å²) < 4.78 is 11.5. The Morgan fingerprint density at radius 2 is 1.94 bits per heavy atom. The second-order valence-corrected chi connectivity index (χ2v) is 5.63. The van der Waals surface area contributed by atoms with Gasteiger partial charge in [-0.25, -0.2) is 0 Å². The molecule has 2 aliphatic heterocycles. The second-order valence-electron chi connectivity index (χ2n) is 5.63. The Hall–Kier alpha value is -0.160. The van der Waals surface area contributed by atoms with Crippen molar-refractivity contribution in [2.45, 2.75) is 51.0 Å². The molecule has 0 spiro atoms. The molecule has 3 unspecified atom stereocenters. The zero-order chi connectivity index (χ0) is 11.6. The molecule has 2 heterocycles. The molecule has 0 radical (unpaired) electrons. The van der Waals surface area contributed by atoms with E-state index in [1.807, 2.05) is 0 Å². The molecule has 0 amide bonds. The Morgan fingerprint density at radius 3 is 2.50 bits per heavy atom. The lowest BCUT2D eigenvalue weighted by atomic mass is 10.0. The van der Waals surface area contributed by atoms with Crippen LogP contribution in [0.1, 0.15) is 27.2 Å². The van der Waals surface area contributed by atoms with E-state index in [0.29, 0.717) is 18.2 Å². The Bertz CT molecular complexity index is 215. The minimum Gasteiger partial charge on any atom is -0.376 e. The van der Waals surface area contributed by atoms with E-state index in [-0.39, 0.29) is 5.60 Å². The predicted molar refractivity (Wildman–Crippen MR) is 63.6 cm³/mol. The zero-order valence-electron chi connectivity index (χ0n) is 10.6. The third-order valence-corrected chi connectivity index (χ3v) is 3.34. The van der Waals surface area contributed by atoms with Crippen LogP contribution in [0.5, 0.6) is 0 Å². The van der Waals surface area contributed by atoms with Gasteiger partial charge in [-0.15, -0.1) is 0 Å². The highest BCUT2D eigenvalue weighted by Gasteiger charge is 2.29. The minimum absolute atomic E-state index is 0.0124. The standard InChI is InChI=1S/C12H24N2O2/c1-9-5-13-10(6-15-9)4-11-7-16-12(2,3)8-14-11/h9-11,13-14H,4-8H2,1-3H3. The summed E-state index contributed by atoms with van der Waals surface area (Å²) in [5, 5.41) is 7.06. The number of morpholine rings is 2. The van der Waals surface area contributed by atoms with Crippen molar-refractivity contribution in [2.24, 2.45) is 0 Å². The van der Waals surface area contributed by atoms with Crippen molar-refractivity contribution in [1.82, 2.24) is 10.6 Å². The fourth-order valence-electron chi connectivity index (χ4n) is 2.20. The molecule has 0 saturated carbocycles. The van der Waals surface area contributed by atoms with E-state index in [9.17, 15) is 0 Å². The van der Waals surface area contributed by atoms with Gasteiger partial charge in [0.1, 0.15) is 0 Å². The van der Waals surface area contributed by atoms with Crippen LogP contribution in [0, 0.1) is 0 Å². The molecule has 94 valence electrons. The van der Waals surface area contributed by atoms with Gasteiger partial charge in [-0.2, -0.15) is 0 Å². The first-order valence-electron chi connectivity index (χ1n) is 6.27. The molecule has 0 aromatic rings. The molecule has 0 aliphatic carbocycles. The van der Waals surface area contributed by atoms with Gasteiger partial charge in [-0.05, 0) is 27.2 Å². The van der Waals surface area contributed by atoms with E-state index in [2.05, 4.69) is 31.4 Å². The monoisotopic (exact) mass is 228 g/mol. The summed E-state index contributed by atoms with van der Waals surface area (Å²) in [6, 6.07) is 0.932. The van der Waals surface area contributed by atoms with Crippen molar-refractivity contribution >= 4 is 0 Å². The van der Waals surface area contributed by atoms with Gasteiger partial charge in [0.25, 0.3) is 0 Å². The van der Waals surface area contributed by atoms with Crippen molar-refractivity contribution in [3.63, 3.8) is 0 Å². The lowest BCUT2D eigenvalue weighted by Crippen LogP contribution is -2.55. The van der Waals surface area contributed by atoms with Crippen LogP contribution >= 0.6 is 0 Å². The lowest BCUT2D eigenvalue weighted by Gasteiger charge is -2.38. The Balaban J connectivity index is 1.71. The first-order chi connectivity index (χ1) is 7.55. The van der Waals surface area contributed by atoms with E-state index >= 15 is 0 Å². The molecule has 2 rings (SSSR count). The van der Waals surface area contributed by atoms with Gasteiger partial charge < -0.3 is 20.1 Å². The molecule has 2 saturated heterocycles. The molecular formula is C12H24N2O2. The Kier molecular flexibility index (Phi) is 3.85. The quantitative estimate of drug-likeness (QED) is 0.723. The van der Waals surface area contributed by atoms with E-state index in [4.69, 9.17) is 9.47 Å². The molecule has 2 N–H and O–H groups in total. The number of rotatable bonds is 2. The molecule has 2 aliphatic rings. The van der Waals surface area contributed by atoms with E-state index in [0.717, 1.165) is 32.7 Å². The van der Waals surface area contributed by atoms with Crippen molar-refractivity contribution in [2.75, 3.05) is 26.3 Å². The topological polar surface area (TPSA) is 42.5 Å². The smallest absolute Gasteiger partial charge is 0.0751 e. The summed E-state index contributed by atoms with van der Waals surface area (Å²) in [6.45, 7) is 9.88. The van der Waals surface area contributed by atoms with Gasteiger partial charge in [0.15, 0.2) is 0 Å². The van der Waals surface area contributed by atoms with Gasteiger partial charge in [0.2, 0.25) is 0 Å². The average Bonchev–Trinajstić information content (AvgIpc) is 2.24. The van der Waals surface area contributed by atoms with Crippen LogP contribution in [0.3, 0.4) is 0 Å². The summed E-state index contributed by atoms with van der Waals surface area (Å²) in [4.78, 5) is 0. The number of ether oxygens (including phenoxy) is 2. The van der Waals surface area contributed by atoms with Crippen LogP contribution in [0.2, 0.25) is 0 Å². The van der Waals surface area contributed by atoms with Crippen molar-refractivity contribution in [3.05, 3.63) is 0 Å². The molecule has 16 heavy (non-hydrogen) atoms. The van der Waals surface area contributed by atoms with Gasteiger partial charge in [0.05, 0.1) is 24.9 Å². The fraction of sp³-hybridized carbons (Fsp3) is 1.00. The van der Waals surface area contributed by atoms with Crippen LogP contribution in [0.25, 0.3) is 0 Å². The maximum Gasteiger partial charge on any atom is 0.0751 e. The highest BCUT2D eigenvalue weighted by molar-refractivity contribution is 4.86. The summed E-state index contributed by atoms with van der Waals surface area (Å²) >= 11 is 0. The van der Waals surface area contributed by atoms with Gasteiger partial charge in [-0.1, -0.05) is 0 Å². The van der Waals surface area contributed by atoms with E-state index < -0.39 is 0 Å². The van der Waals surface area contributed by atoms with Crippen LogP contribution in [0.15, 0.2) is 0 Å². The summed E-state index contributed by atoms with van der Waals surface area (Å²) in [6.07, 6.45) is 1.44. The molecule has 0 bridgehead atoms. The van der Waals surface area contributed by atoms with Crippen LogP contribution in [0.4, 0.5) is 0 Å². The van der Waals surface area contributed by atoms with Gasteiger partial charge in [-0.3, -0.25) is 0 Å². The lowest BCUT2D eigenvalue weighted by molar-refractivity contribution is -0.0647. The van der Waals surface area contributed by atoms with Crippen molar-refractivity contribution in [1.29, 1.82) is 0 Å². The molecule has 2 fully saturated rings. The first-order valence-corrected chi connectivity index (χ1v) is 6.27. The van der Waals surface area contributed by atoms with Crippen molar-refractivity contribution in [3.8, 4) is 0 Å². The summed E-state index contributed by atoms with van der Waals surface area (Å²) in [5.74, 6) is 0. The molecular weight excluding hydrogens is 204 g/mol. The minimum atomic E-state index is -0.0124. The fourth-order valence-corrected chi connectivity index (χ4v) is 2.20. The highest BCUT2D eigenvalue weighted by atomic mass is 16.5. The maximum atomic E-state index is 5.81. The third kappa shape index (κ3) is 3.42. The zero-order valence-corrected chi connectivity index (χ0v) is 10.6. The predicted octanol–water partition coefficient (Wildman–Crippen LogP) is 0.520. The average molecular weight is 228 g/mol. The summed E-state index contributed by atoms with van der Waals surface area (Å²) in [7, 11) is 0. The van der Waals surface area contributed by atoms with E-state index in [1.54, 1.807) is 0 Å². The number of hydrogen-bond acceptors (Lipinski definition) is 4. The first kappa shape index (κ1) is 12.3.